The Morgan fingerprint density at radius 3 is 2.12 bits per heavy atom. The molecule has 6 aliphatic rings. The van der Waals surface area contributed by atoms with E-state index < -0.39 is 12.2 Å². The van der Waals surface area contributed by atoms with Crippen LogP contribution in [0.2, 0.25) is 0 Å². The van der Waals surface area contributed by atoms with Crippen molar-refractivity contribution in [3.05, 3.63) is 0 Å². The third-order valence-corrected chi connectivity index (χ3v) is 14.0. The second kappa shape index (κ2) is 6.44. The summed E-state index contributed by atoms with van der Waals surface area (Å²) in [7, 11) is 0. The SMILES string of the molecule is CC1(C)CCC23CCC4(C)C5(C)CCC6C(C)(C)C(O)C(O)CC6(C)C5CCC4(OC2=O)C3C1. The summed E-state index contributed by atoms with van der Waals surface area (Å²) in [5.41, 5.74) is -0.601. The third kappa shape index (κ3) is 2.38. The Labute approximate surface area is 206 Å². The highest BCUT2D eigenvalue weighted by molar-refractivity contribution is 5.81. The molecule has 6 rings (SSSR count). The molecule has 1 saturated heterocycles. The summed E-state index contributed by atoms with van der Waals surface area (Å²) in [5, 5.41) is 22.0. The summed E-state index contributed by atoms with van der Waals surface area (Å²) in [6.07, 6.45) is 8.92. The van der Waals surface area contributed by atoms with Gasteiger partial charge in [0, 0.05) is 11.3 Å². The van der Waals surface area contributed by atoms with Gasteiger partial charge in [0.1, 0.15) is 5.60 Å². The summed E-state index contributed by atoms with van der Waals surface area (Å²) >= 11 is 0. The molecular weight excluding hydrogens is 424 g/mol. The van der Waals surface area contributed by atoms with Crippen molar-refractivity contribution in [3.63, 3.8) is 0 Å². The van der Waals surface area contributed by atoms with Crippen molar-refractivity contribution in [1.29, 1.82) is 0 Å². The van der Waals surface area contributed by atoms with Gasteiger partial charge in [-0.3, -0.25) is 4.79 Å². The van der Waals surface area contributed by atoms with Crippen molar-refractivity contribution in [2.45, 2.75) is 130 Å². The number of fused-ring (bicyclic) bond motifs is 4. The van der Waals surface area contributed by atoms with E-state index in [0.717, 1.165) is 57.8 Å². The molecule has 4 heteroatoms. The fourth-order valence-electron chi connectivity index (χ4n) is 12.0. The van der Waals surface area contributed by atoms with Gasteiger partial charge in [-0.25, -0.2) is 0 Å². The summed E-state index contributed by atoms with van der Waals surface area (Å²) in [6.45, 7) is 16.6. The van der Waals surface area contributed by atoms with E-state index in [1.807, 2.05) is 0 Å². The normalized spacial score (nSPS) is 59.2. The van der Waals surface area contributed by atoms with Crippen LogP contribution in [-0.4, -0.2) is 34.0 Å². The van der Waals surface area contributed by atoms with Gasteiger partial charge in [-0.15, -0.1) is 0 Å². The Bertz CT molecular complexity index is 925. The number of hydrogen-bond donors (Lipinski definition) is 2. The van der Waals surface area contributed by atoms with Crippen LogP contribution in [0, 0.1) is 50.2 Å². The van der Waals surface area contributed by atoms with Crippen LogP contribution < -0.4 is 0 Å². The van der Waals surface area contributed by atoms with Crippen molar-refractivity contribution in [2.75, 3.05) is 0 Å². The van der Waals surface area contributed by atoms with E-state index in [1.54, 1.807) is 0 Å². The van der Waals surface area contributed by atoms with Gasteiger partial charge in [0.15, 0.2) is 0 Å². The van der Waals surface area contributed by atoms with Gasteiger partial charge < -0.3 is 14.9 Å². The van der Waals surface area contributed by atoms with Crippen molar-refractivity contribution in [1.82, 2.24) is 0 Å². The average molecular weight is 473 g/mol. The van der Waals surface area contributed by atoms with E-state index in [2.05, 4.69) is 48.5 Å². The first-order chi connectivity index (χ1) is 15.6. The minimum Gasteiger partial charge on any atom is -0.458 e. The predicted molar refractivity (Wildman–Crippen MR) is 132 cm³/mol. The molecular formula is C30H48O4. The molecule has 6 fully saturated rings. The van der Waals surface area contributed by atoms with Crippen molar-refractivity contribution < 1.29 is 19.7 Å². The lowest BCUT2D eigenvalue weighted by atomic mass is 9.30. The zero-order valence-electron chi connectivity index (χ0n) is 22.7. The van der Waals surface area contributed by atoms with Gasteiger partial charge in [0.05, 0.1) is 17.6 Å². The lowest BCUT2D eigenvalue weighted by Crippen LogP contribution is -2.72. The highest BCUT2D eigenvalue weighted by Gasteiger charge is 2.81. The Balaban J connectivity index is 1.46. The van der Waals surface area contributed by atoms with Crippen molar-refractivity contribution in [3.8, 4) is 0 Å². The Hall–Kier alpha value is -0.610. The van der Waals surface area contributed by atoms with Crippen LogP contribution in [0.1, 0.15) is 113 Å². The van der Waals surface area contributed by atoms with Gasteiger partial charge in [-0.1, -0.05) is 48.5 Å². The lowest BCUT2D eigenvalue weighted by Gasteiger charge is -2.74. The Morgan fingerprint density at radius 1 is 0.765 bits per heavy atom. The first kappa shape index (κ1) is 23.8. The minimum atomic E-state index is -0.662. The van der Waals surface area contributed by atoms with Gasteiger partial charge in [-0.2, -0.15) is 0 Å². The maximum atomic E-state index is 13.7. The van der Waals surface area contributed by atoms with E-state index in [9.17, 15) is 15.0 Å². The number of rotatable bonds is 0. The summed E-state index contributed by atoms with van der Waals surface area (Å²) in [5.74, 6) is 1.33. The average Bonchev–Trinajstić information content (AvgIpc) is 2.90. The molecule has 0 aromatic rings. The molecule has 4 nitrogen and oxygen atoms in total. The van der Waals surface area contributed by atoms with Crippen LogP contribution in [-0.2, 0) is 9.53 Å². The van der Waals surface area contributed by atoms with Gasteiger partial charge in [0.2, 0.25) is 0 Å². The topological polar surface area (TPSA) is 66.8 Å². The first-order valence-corrected chi connectivity index (χ1v) is 14.2. The molecule has 192 valence electrons. The fourth-order valence-corrected chi connectivity index (χ4v) is 12.0. The Kier molecular flexibility index (Phi) is 4.50. The van der Waals surface area contributed by atoms with E-state index in [4.69, 9.17) is 4.74 Å². The highest BCUT2D eigenvalue weighted by atomic mass is 16.6. The van der Waals surface area contributed by atoms with Crippen LogP contribution >= 0.6 is 0 Å². The van der Waals surface area contributed by atoms with Crippen LogP contribution in [0.4, 0.5) is 0 Å². The maximum Gasteiger partial charge on any atom is 0.313 e. The molecule has 0 amide bonds. The van der Waals surface area contributed by atoms with Gasteiger partial charge in [-0.05, 0) is 97.7 Å². The fraction of sp³-hybridized carbons (Fsp3) is 0.967. The molecule has 10 atom stereocenters. The molecule has 5 saturated carbocycles. The van der Waals surface area contributed by atoms with Crippen LogP contribution in [0.5, 0.6) is 0 Å². The number of ether oxygens (including phenoxy) is 1. The molecule has 0 aromatic heterocycles. The standard InChI is InChI=1S/C30H48O4/c1-24(2)12-14-29-15-13-28(7)27(6)10-8-19-25(3,4)22(32)18(31)16-26(19,5)20(27)9-11-30(28,21(29)17-24)34-23(29)33/h18-22,31-32H,8-17H2,1-7H3. The van der Waals surface area contributed by atoms with E-state index in [0.29, 0.717) is 24.2 Å². The number of carbonyl (C=O) groups is 1. The van der Waals surface area contributed by atoms with E-state index in [1.165, 1.54) is 0 Å². The largest absolute Gasteiger partial charge is 0.458 e. The van der Waals surface area contributed by atoms with Crippen molar-refractivity contribution >= 4 is 5.97 Å². The van der Waals surface area contributed by atoms with E-state index >= 15 is 0 Å². The molecule has 0 aromatic carbocycles. The number of aliphatic hydroxyl groups is 2. The number of esters is 1. The summed E-state index contributed by atoms with van der Waals surface area (Å²) in [6, 6.07) is 0. The molecule has 2 N–H and O–H groups in total. The molecule has 5 aliphatic carbocycles. The van der Waals surface area contributed by atoms with E-state index in [-0.39, 0.29) is 44.1 Å². The highest BCUT2D eigenvalue weighted by Crippen LogP contribution is 2.80. The van der Waals surface area contributed by atoms with Gasteiger partial charge in [0.25, 0.3) is 0 Å². The number of hydrogen-bond acceptors (Lipinski definition) is 4. The smallest absolute Gasteiger partial charge is 0.313 e. The molecule has 0 radical (unpaired) electrons. The molecule has 10 unspecified atom stereocenters. The molecule has 1 heterocycles. The zero-order chi connectivity index (χ0) is 24.7. The maximum absolute atomic E-state index is 13.7. The number of carbonyl (C=O) groups excluding carboxylic acids is 1. The molecule has 1 aliphatic heterocycles. The Morgan fingerprint density at radius 2 is 1.41 bits per heavy atom. The van der Waals surface area contributed by atoms with Gasteiger partial charge >= 0.3 is 5.97 Å². The minimum absolute atomic E-state index is 0.0112. The second-order valence-corrected chi connectivity index (χ2v) is 15.8. The van der Waals surface area contributed by atoms with Crippen LogP contribution in [0.25, 0.3) is 0 Å². The quantitative estimate of drug-likeness (QED) is 0.432. The zero-order valence-corrected chi connectivity index (χ0v) is 22.7. The third-order valence-electron chi connectivity index (χ3n) is 14.0. The molecule has 34 heavy (non-hydrogen) atoms. The summed E-state index contributed by atoms with van der Waals surface area (Å²) in [4.78, 5) is 13.7. The number of aliphatic hydroxyl groups excluding tert-OH is 2. The first-order valence-electron chi connectivity index (χ1n) is 14.2. The second-order valence-electron chi connectivity index (χ2n) is 15.8. The molecule has 2 bridgehead atoms. The monoisotopic (exact) mass is 472 g/mol. The lowest BCUT2D eigenvalue weighted by molar-refractivity contribution is -0.294. The summed E-state index contributed by atoms with van der Waals surface area (Å²) < 4.78 is 6.74. The van der Waals surface area contributed by atoms with Crippen LogP contribution in [0.15, 0.2) is 0 Å². The molecule has 1 spiro atoms. The van der Waals surface area contributed by atoms with Crippen LogP contribution in [0.3, 0.4) is 0 Å². The predicted octanol–water partition coefficient (Wildman–Crippen LogP) is 5.88. The van der Waals surface area contributed by atoms with Crippen molar-refractivity contribution in [2.24, 2.45) is 50.2 Å².